The Morgan fingerprint density at radius 2 is 1.68 bits per heavy atom. The van der Waals surface area contributed by atoms with E-state index in [0.717, 1.165) is 11.1 Å². The molecule has 8 nitrogen and oxygen atoms in total. The van der Waals surface area contributed by atoms with Crippen molar-refractivity contribution in [2.75, 3.05) is 13.7 Å². The van der Waals surface area contributed by atoms with Crippen LogP contribution in [0.15, 0.2) is 93.9 Å². The summed E-state index contributed by atoms with van der Waals surface area (Å²) in [4.78, 5) is 44.3. The topological polar surface area (TPSA) is 96.2 Å². The van der Waals surface area contributed by atoms with Crippen LogP contribution in [-0.4, -0.2) is 30.2 Å². The Labute approximate surface area is 244 Å². The van der Waals surface area contributed by atoms with E-state index in [1.165, 1.54) is 15.9 Å². The van der Waals surface area contributed by atoms with Crippen LogP contribution in [0, 0.1) is 0 Å². The molecular formula is C31H25ClN2O6S. The number of rotatable bonds is 7. The minimum atomic E-state index is -0.718. The molecule has 1 atom stereocenters. The van der Waals surface area contributed by atoms with Crippen molar-refractivity contribution in [3.8, 4) is 11.5 Å². The van der Waals surface area contributed by atoms with E-state index in [9.17, 15) is 14.4 Å². The number of methoxy groups -OCH3 is 1. The highest BCUT2D eigenvalue weighted by Crippen LogP contribution is 2.31. The van der Waals surface area contributed by atoms with Crippen LogP contribution < -0.4 is 24.4 Å². The Bertz CT molecular complexity index is 1840. The Balaban J connectivity index is 1.51. The third-order valence-electron chi connectivity index (χ3n) is 6.43. The molecule has 208 valence electrons. The lowest BCUT2D eigenvalue weighted by Gasteiger charge is -2.24. The molecule has 0 radical (unpaired) electrons. The molecule has 0 bridgehead atoms. The summed E-state index contributed by atoms with van der Waals surface area (Å²) >= 11 is 7.32. The molecule has 0 aliphatic carbocycles. The fourth-order valence-corrected chi connectivity index (χ4v) is 5.72. The van der Waals surface area contributed by atoms with E-state index in [1.54, 1.807) is 87.7 Å². The molecule has 3 aromatic carbocycles. The average Bonchev–Trinajstić information content (AvgIpc) is 3.27. The maximum Gasteiger partial charge on any atom is 0.345 e. The normalized spacial score (nSPS) is 14.7. The first-order chi connectivity index (χ1) is 19.8. The zero-order valence-electron chi connectivity index (χ0n) is 22.4. The van der Waals surface area contributed by atoms with Gasteiger partial charge in [-0.15, -0.1) is 0 Å². The SMILES string of the molecule is CCOC(=O)C1=C(C)N=c2sc(=Cc3ccc(OC(=O)c4ccccc4Cl)cc3)c(=O)n2C1c1ccc(OC)cc1. The quantitative estimate of drug-likeness (QED) is 0.230. The van der Waals surface area contributed by atoms with Gasteiger partial charge in [-0.05, 0) is 67.4 Å². The maximum atomic E-state index is 13.8. The zero-order chi connectivity index (χ0) is 29.1. The first-order valence-electron chi connectivity index (χ1n) is 12.7. The van der Waals surface area contributed by atoms with Crippen LogP contribution in [0.5, 0.6) is 11.5 Å². The molecule has 2 heterocycles. The largest absolute Gasteiger partial charge is 0.497 e. The minimum Gasteiger partial charge on any atom is -0.497 e. The lowest BCUT2D eigenvalue weighted by Crippen LogP contribution is -2.39. The van der Waals surface area contributed by atoms with E-state index in [2.05, 4.69) is 4.99 Å². The van der Waals surface area contributed by atoms with Crippen LogP contribution in [0.2, 0.25) is 5.02 Å². The number of hydrogen-bond acceptors (Lipinski definition) is 8. The predicted molar refractivity (Wildman–Crippen MR) is 156 cm³/mol. The third kappa shape index (κ3) is 5.73. The number of allylic oxidation sites excluding steroid dienone is 1. The Hall–Kier alpha value is -4.47. The van der Waals surface area contributed by atoms with Gasteiger partial charge < -0.3 is 14.2 Å². The molecule has 4 aromatic rings. The van der Waals surface area contributed by atoms with E-state index < -0.39 is 18.0 Å². The molecule has 10 heteroatoms. The Morgan fingerprint density at radius 1 is 1.00 bits per heavy atom. The van der Waals surface area contributed by atoms with Gasteiger partial charge >= 0.3 is 11.9 Å². The van der Waals surface area contributed by atoms with Crippen molar-refractivity contribution in [2.24, 2.45) is 4.99 Å². The number of esters is 2. The second kappa shape index (κ2) is 12.0. The van der Waals surface area contributed by atoms with E-state index in [1.807, 2.05) is 12.1 Å². The standard InChI is InChI=1S/C31H25ClN2O6S/c1-4-39-30(37)26-18(2)33-31-34(27(26)20-11-15-21(38-3)16-12-20)28(35)25(41-31)17-19-9-13-22(14-10-19)40-29(36)23-7-5-6-8-24(23)32/h5-17,27H,4H2,1-3H3. The zero-order valence-corrected chi connectivity index (χ0v) is 24.0. The number of benzene rings is 3. The summed E-state index contributed by atoms with van der Waals surface area (Å²) < 4.78 is 18.0. The van der Waals surface area contributed by atoms with Crippen molar-refractivity contribution in [3.63, 3.8) is 0 Å². The number of carbonyl (C=O) groups is 2. The lowest BCUT2D eigenvalue weighted by atomic mass is 9.96. The maximum absolute atomic E-state index is 13.8. The Morgan fingerprint density at radius 3 is 2.34 bits per heavy atom. The summed E-state index contributed by atoms with van der Waals surface area (Å²) in [6, 6.07) is 19.9. The summed E-state index contributed by atoms with van der Waals surface area (Å²) in [5.74, 6) is -0.1000. The number of halogens is 1. The lowest BCUT2D eigenvalue weighted by molar-refractivity contribution is -0.139. The van der Waals surface area contributed by atoms with Gasteiger partial charge in [-0.25, -0.2) is 14.6 Å². The van der Waals surface area contributed by atoms with Crippen molar-refractivity contribution in [3.05, 3.63) is 125 Å². The molecule has 1 aromatic heterocycles. The van der Waals surface area contributed by atoms with Crippen LogP contribution in [0.3, 0.4) is 0 Å². The summed E-state index contributed by atoms with van der Waals surface area (Å²) in [7, 11) is 1.57. The molecule has 0 amide bonds. The highest BCUT2D eigenvalue weighted by atomic mass is 35.5. The van der Waals surface area contributed by atoms with Crippen LogP contribution in [-0.2, 0) is 9.53 Å². The van der Waals surface area contributed by atoms with Gasteiger partial charge in [-0.3, -0.25) is 9.36 Å². The Kier molecular flexibility index (Phi) is 8.19. The number of ether oxygens (including phenoxy) is 3. The average molecular weight is 589 g/mol. The van der Waals surface area contributed by atoms with E-state index in [-0.39, 0.29) is 17.7 Å². The summed E-state index contributed by atoms with van der Waals surface area (Å²) in [5.41, 5.74) is 2.21. The predicted octanol–water partition coefficient (Wildman–Crippen LogP) is 4.68. The van der Waals surface area contributed by atoms with Crippen molar-refractivity contribution in [1.29, 1.82) is 0 Å². The highest BCUT2D eigenvalue weighted by Gasteiger charge is 2.33. The fourth-order valence-electron chi connectivity index (χ4n) is 4.47. The van der Waals surface area contributed by atoms with Gasteiger partial charge in [0.25, 0.3) is 5.56 Å². The van der Waals surface area contributed by atoms with Crippen molar-refractivity contribution >= 4 is 41.0 Å². The number of thiazole rings is 1. The van der Waals surface area contributed by atoms with Gasteiger partial charge in [0.2, 0.25) is 0 Å². The second-order valence-corrected chi connectivity index (χ2v) is 10.4. The molecular weight excluding hydrogens is 564 g/mol. The first-order valence-corrected chi connectivity index (χ1v) is 13.9. The van der Waals surface area contributed by atoms with Crippen LogP contribution in [0.4, 0.5) is 0 Å². The molecule has 0 N–H and O–H groups in total. The number of hydrogen-bond donors (Lipinski definition) is 0. The van der Waals surface area contributed by atoms with E-state index in [4.69, 9.17) is 25.8 Å². The van der Waals surface area contributed by atoms with Crippen LogP contribution >= 0.6 is 22.9 Å². The number of fused-ring (bicyclic) bond motifs is 1. The van der Waals surface area contributed by atoms with Crippen molar-refractivity contribution in [2.45, 2.75) is 19.9 Å². The van der Waals surface area contributed by atoms with Crippen LogP contribution in [0.25, 0.3) is 6.08 Å². The van der Waals surface area contributed by atoms with Crippen molar-refractivity contribution < 1.29 is 23.8 Å². The molecule has 1 aliphatic rings. The number of carbonyl (C=O) groups excluding carboxylic acids is 2. The van der Waals surface area contributed by atoms with E-state index in [0.29, 0.717) is 37.1 Å². The van der Waals surface area contributed by atoms with E-state index >= 15 is 0 Å². The molecule has 5 rings (SSSR count). The molecule has 0 saturated carbocycles. The molecule has 1 aliphatic heterocycles. The molecule has 41 heavy (non-hydrogen) atoms. The van der Waals surface area contributed by atoms with Gasteiger partial charge in [0.15, 0.2) is 4.80 Å². The fraction of sp³-hybridized carbons (Fsp3) is 0.161. The molecule has 1 unspecified atom stereocenters. The van der Waals surface area contributed by atoms with Gasteiger partial charge in [0.1, 0.15) is 11.5 Å². The molecule has 0 fully saturated rings. The van der Waals surface area contributed by atoms with Gasteiger partial charge in [-0.2, -0.15) is 0 Å². The van der Waals surface area contributed by atoms with Gasteiger partial charge in [0, 0.05) is 0 Å². The molecule has 0 spiro atoms. The summed E-state index contributed by atoms with van der Waals surface area (Å²) in [5, 5.41) is 0.304. The van der Waals surface area contributed by atoms with Crippen molar-refractivity contribution in [1.82, 2.24) is 4.57 Å². The van der Waals surface area contributed by atoms with Gasteiger partial charge in [-0.1, -0.05) is 59.3 Å². The van der Waals surface area contributed by atoms with Crippen LogP contribution in [0.1, 0.15) is 41.4 Å². The smallest absolute Gasteiger partial charge is 0.345 e. The van der Waals surface area contributed by atoms with Gasteiger partial charge in [0.05, 0.1) is 46.1 Å². The first kappa shape index (κ1) is 28.1. The second-order valence-electron chi connectivity index (χ2n) is 9.01. The summed E-state index contributed by atoms with van der Waals surface area (Å²) in [6.45, 7) is 3.66. The minimum absolute atomic E-state index is 0.194. The summed E-state index contributed by atoms with van der Waals surface area (Å²) in [6.07, 6.45) is 1.73. The highest BCUT2D eigenvalue weighted by molar-refractivity contribution is 7.07. The number of aromatic nitrogens is 1. The third-order valence-corrected chi connectivity index (χ3v) is 7.74. The number of nitrogens with zero attached hydrogens (tertiary/aromatic N) is 2. The molecule has 0 saturated heterocycles. The monoisotopic (exact) mass is 588 g/mol.